The first-order chi connectivity index (χ1) is 13.3. The monoisotopic (exact) mass is 468 g/mol. The Balaban J connectivity index is 2.05. The molecule has 0 unspecified atom stereocenters. The van der Waals surface area contributed by atoms with Gasteiger partial charge in [-0.2, -0.15) is 0 Å². The topological polar surface area (TPSA) is 94.6 Å². The van der Waals surface area contributed by atoms with Crippen molar-refractivity contribution in [2.45, 2.75) is 27.2 Å². The molecule has 1 N–H and O–H groups in total. The molecule has 0 spiro atoms. The smallest absolute Gasteiger partial charge is 0.341 e. The minimum absolute atomic E-state index is 0.227. The summed E-state index contributed by atoms with van der Waals surface area (Å²) >= 11 is 4.46. The number of anilines is 1. The molecule has 0 aliphatic carbocycles. The molecule has 0 radical (unpaired) electrons. The Kier molecular flexibility index (Phi) is 8.13. The van der Waals surface area contributed by atoms with E-state index in [1.54, 1.807) is 13.0 Å². The molecule has 0 atom stereocenters. The number of aromatic nitrogens is 1. The highest BCUT2D eigenvalue weighted by Crippen LogP contribution is 2.31. The SMILES string of the molecule is CCOC(=O)c1c(CC(C)C)csc1NC(=O)COC(=O)c1cncc(Br)c1. The van der Waals surface area contributed by atoms with Gasteiger partial charge >= 0.3 is 11.9 Å². The van der Waals surface area contributed by atoms with Crippen molar-refractivity contribution in [2.24, 2.45) is 5.92 Å². The van der Waals surface area contributed by atoms with E-state index in [1.165, 1.54) is 23.7 Å². The van der Waals surface area contributed by atoms with Crippen LogP contribution in [0.25, 0.3) is 0 Å². The number of nitrogens with zero attached hydrogens (tertiary/aromatic N) is 1. The van der Waals surface area contributed by atoms with Crippen LogP contribution in [0.4, 0.5) is 5.00 Å². The molecule has 0 aromatic carbocycles. The van der Waals surface area contributed by atoms with Crippen molar-refractivity contribution < 1.29 is 23.9 Å². The van der Waals surface area contributed by atoms with Gasteiger partial charge in [-0.3, -0.25) is 9.78 Å². The first-order valence-corrected chi connectivity index (χ1v) is 10.3. The highest BCUT2D eigenvalue weighted by molar-refractivity contribution is 9.10. The number of carbonyl (C=O) groups excluding carboxylic acids is 3. The van der Waals surface area contributed by atoms with E-state index in [-0.39, 0.29) is 12.2 Å². The zero-order valence-corrected chi connectivity index (χ0v) is 18.2. The number of hydrogen-bond donors (Lipinski definition) is 1. The van der Waals surface area contributed by atoms with Gasteiger partial charge in [0, 0.05) is 16.9 Å². The fourth-order valence-electron chi connectivity index (χ4n) is 2.40. The van der Waals surface area contributed by atoms with Crippen LogP contribution in [0.5, 0.6) is 0 Å². The van der Waals surface area contributed by atoms with Gasteiger partial charge in [0.25, 0.3) is 5.91 Å². The zero-order chi connectivity index (χ0) is 20.7. The fraction of sp³-hybridized carbons (Fsp3) is 0.368. The third kappa shape index (κ3) is 6.13. The Bertz CT molecular complexity index is 866. The van der Waals surface area contributed by atoms with E-state index in [9.17, 15) is 14.4 Å². The Morgan fingerprint density at radius 2 is 1.96 bits per heavy atom. The third-order valence-electron chi connectivity index (χ3n) is 3.50. The number of amides is 1. The van der Waals surface area contributed by atoms with Crippen molar-refractivity contribution in [1.82, 2.24) is 4.98 Å². The van der Waals surface area contributed by atoms with E-state index in [2.05, 4.69) is 26.2 Å². The molecule has 0 fully saturated rings. The van der Waals surface area contributed by atoms with Crippen LogP contribution in [0.2, 0.25) is 0 Å². The molecule has 28 heavy (non-hydrogen) atoms. The molecule has 150 valence electrons. The molecule has 2 aromatic rings. The average molecular weight is 469 g/mol. The summed E-state index contributed by atoms with van der Waals surface area (Å²) in [6.45, 7) is 5.57. The van der Waals surface area contributed by atoms with Gasteiger partial charge in [-0.15, -0.1) is 11.3 Å². The van der Waals surface area contributed by atoms with Crippen molar-refractivity contribution in [2.75, 3.05) is 18.5 Å². The molecule has 2 rings (SSSR count). The molecular formula is C19H21BrN2O5S. The van der Waals surface area contributed by atoms with Gasteiger partial charge in [0.2, 0.25) is 0 Å². The predicted molar refractivity (Wildman–Crippen MR) is 110 cm³/mol. The number of pyridine rings is 1. The molecule has 2 heterocycles. The molecular weight excluding hydrogens is 448 g/mol. The van der Waals surface area contributed by atoms with Gasteiger partial charge in [0.1, 0.15) is 5.00 Å². The maximum atomic E-state index is 12.3. The summed E-state index contributed by atoms with van der Waals surface area (Å²) < 4.78 is 10.8. The van der Waals surface area contributed by atoms with Crippen molar-refractivity contribution in [1.29, 1.82) is 0 Å². The number of carbonyl (C=O) groups is 3. The Labute approximate surface area is 175 Å². The average Bonchev–Trinajstić information content (AvgIpc) is 3.01. The van der Waals surface area contributed by atoms with E-state index < -0.39 is 24.5 Å². The maximum Gasteiger partial charge on any atom is 0.341 e. The summed E-state index contributed by atoms with van der Waals surface area (Å²) in [5.41, 5.74) is 1.41. The second-order valence-electron chi connectivity index (χ2n) is 6.30. The van der Waals surface area contributed by atoms with Crippen LogP contribution in [0, 0.1) is 5.92 Å². The van der Waals surface area contributed by atoms with Crippen LogP contribution < -0.4 is 5.32 Å². The number of hydrogen-bond acceptors (Lipinski definition) is 7. The minimum atomic E-state index is -0.666. The van der Waals surface area contributed by atoms with Gasteiger partial charge < -0.3 is 14.8 Å². The summed E-state index contributed by atoms with van der Waals surface area (Å²) in [4.78, 5) is 40.4. The third-order valence-corrected chi connectivity index (χ3v) is 4.88. The highest BCUT2D eigenvalue weighted by Gasteiger charge is 2.22. The summed E-state index contributed by atoms with van der Waals surface area (Å²) in [5, 5.41) is 4.86. The molecule has 0 saturated heterocycles. The first kappa shape index (κ1) is 22.0. The Hall–Kier alpha value is -2.26. The lowest BCUT2D eigenvalue weighted by Gasteiger charge is -2.10. The number of esters is 2. The number of halogens is 1. The molecule has 9 heteroatoms. The number of nitrogens with one attached hydrogen (secondary N) is 1. The summed E-state index contributed by atoms with van der Waals surface area (Å²) in [7, 11) is 0. The van der Waals surface area contributed by atoms with Crippen LogP contribution in [0.1, 0.15) is 47.1 Å². The minimum Gasteiger partial charge on any atom is -0.462 e. The van der Waals surface area contributed by atoms with Crippen molar-refractivity contribution in [3.8, 4) is 0 Å². The molecule has 2 aromatic heterocycles. The fourth-order valence-corrected chi connectivity index (χ4v) is 3.75. The Morgan fingerprint density at radius 3 is 2.61 bits per heavy atom. The molecule has 0 aliphatic heterocycles. The standard InChI is InChI=1S/C19H21BrN2O5S/c1-4-26-19(25)16-13(5-11(2)3)10-28-17(16)22-15(23)9-27-18(24)12-6-14(20)8-21-7-12/h6-8,10-11H,4-5,9H2,1-3H3,(H,22,23). The lowest BCUT2D eigenvalue weighted by Crippen LogP contribution is -2.22. The zero-order valence-electron chi connectivity index (χ0n) is 15.8. The maximum absolute atomic E-state index is 12.3. The summed E-state index contributed by atoms with van der Waals surface area (Å²) in [6.07, 6.45) is 3.57. The lowest BCUT2D eigenvalue weighted by molar-refractivity contribution is -0.119. The Morgan fingerprint density at radius 1 is 1.21 bits per heavy atom. The van der Waals surface area contributed by atoms with Crippen LogP contribution in [0.15, 0.2) is 28.3 Å². The van der Waals surface area contributed by atoms with E-state index >= 15 is 0 Å². The molecule has 1 amide bonds. The van der Waals surface area contributed by atoms with Crippen molar-refractivity contribution >= 4 is 50.1 Å². The molecule has 0 saturated carbocycles. The molecule has 0 aliphatic rings. The largest absolute Gasteiger partial charge is 0.462 e. The number of thiophene rings is 1. The van der Waals surface area contributed by atoms with Crippen LogP contribution in [0.3, 0.4) is 0 Å². The van der Waals surface area contributed by atoms with Crippen molar-refractivity contribution in [3.63, 3.8) is 0 Å². The first-order valence-electron chi connectivity index (χ1n) is 8.66. The van der Waals surface area contributed by atoms with Crippen LogP contribution in [-0.2, 0) is 20.7 Å². The summed E-state index contributed by atoms with van der Waals surface area (Å²) in [6, 6.07) is 1.55. The van der Waals surface area contributed by atoms with E-state index in [0.717, 1.165) is 5.56 Å². The van der Waals surface area contributed by atoms with Gasteiger partial charge in [-0.25, -0.2) is 9.59 Å². The van der Waals surface area contributed by atoms with Crippen molar-refractivity contribution in [3.05, 3.63) is 45.0 Å². The number of ether oxygens (including phenoxy) is 2. The van der Waals surface area contributed by atoms with Gasteiger partial charge in [0.05, 0.1) is 17.7 Å². The second kappa shape index (κ2) is 10.3. The van der Waals surface area contributed by atoms with Crippen LogP contribution >= 0.6 is 27.3 Å². The van der Waals surface area contributed by atoms with E-state index in [0.29, 0.717) is 27.4 Å². The van der Waals surface area contributed by atoms with E-state index in [1.807, 2.05) is 19.2 Å². The number of rotatable bonds is 8. The molecule has 7 nitrogen and oxygen atoms in total. The lowest BCUT2D eigenvalue weighted by atomic mass is 10.0. The van der Waals surface area contributed by atoms with Gasteiger partial charge in [-0.05, 0) is 52.2 Å². The highest BCUT2D eigenvalue weighted by atomic mass is 79.9. The quantitative estimate of drug-likeness (QED) is 0.586. The van der Waals surface area contributed by atoms with Crippen LogP contribution in [-0.4, -0.2) is 36.0 Å². The normalized spacial score (nSPS) is 10.6. The van der Waals surface area contributed by atoms with E-state index in [4.69, 9.17) is 9.47 Å². The second-order valence-corrected chi connectivity index (χ2v) is 8.09. The molecule has 0 bridgehead atoms. The predicted octanol–water partition coefficient (Wildman–Crippen LogP) is 4.08. The van der Waals surface area contributed by atoms with Gasteiger partial charge in [0.15, 0.2) is 6.61 Å². The van der Waals surface area contributed by atoms with Gasteiger partial charge in [-0.1, -0.05) is 13.8 Å². The summed E-state index contributed by atoms with van der Waals surface area (Å²) in [5.74, 6) is -1.35.